The smallest absolute Gasteiger partial charge is 0.255 e. The van der Waals surface area contributed by atoms with Crippen molar-refractivity contribution in [2.75, 3.05) is 13.1 Å². The van der Waals surface area contributed by atoms with Crippen LogP contribution in [0.1, 0.15) is 30.1 Å². The first-order valence-electron chi connectivity index (χ1n) is 6.55. The average Bonchev–Trinajstić information content (AvgIpc) is 2.39. The lowest BCUT2D eigenvalue weighted by Crippen LogP contribution is -2.44. The fourth-order valence-corrected chi connectivity index (χ4v) is 2.67. The first-order valence-corrected chi connectivity index (χ1v) is 6.93. The molecule has 0 aromatic heterocycles. The molecule has 2 N–H and O–H groups in total. The van der Waals surface area contributed by atoms with E-state index in [0.717, 1.165) is 25.9 Å². The Morgan fingerprint density at radius 2 is 2.30 bits per heavy atom. The van der Waals surface area contributed by atoms with Crippen LogP contribution in [-0.2, 0) is 0 Å². The van der Waals surface area contributed by atoms with E-state index in [-0.39, 0.29) is 29.0 Å². The van der Waals surface area contributed by atoms with Crippen molar-refractivity contribution >= 4 is 29.9 Å². The highest BCUT2D eigenvalue weighted by Crippen LogP contribution is 2.20. The molecule has 0 radical (unpaired) electrons. The highest BCUT2D eigenvalue weighted by Gasteiger charge is 2.23. The molecule has 6 heteroatoms. The van der Waals surface area contributed by atoms with Crippen LogP contribution in [0.2, 0.25) is 5.02 Å². The average molecular weight is 321 g/mol. The normalized spacial score (nSPS) is 19.9. The minimum Gasteiger partial charge on any atom is -0.349 e. The molecule has 1 amide bonds. The molecular formula is C14H19Cl2FN2O. The maximum atomic E-state index is 13.6. The van der Waals surface area contributed by atoms with E-state index in [1.54, 1.807) is 0 Å². The molecule has 1 aliphatic rings. The lowest BCUT2D eigenvalue weighted by atomic mass is 9.92. The third-order valence-corrected chi connectivity index (χ3v) is 3.91. The Morgan fingerprint density at radius 3 is 2.90 bits per heavy atom. The van der Waals surface area contributed by atoms with Crippen LogP contribution >= 0.6 is 24.0 Å². The summed E-state index contributed by atoms with van der Waals surface area (Å²) in [5.41, 5.74) is -0.0696. The van der Waals surface area contributed by atoms with Gasteiger partial charge in [-0.2, -0.15) is 0 Å². The molecule has 112 valence electrons. The number of halogens is 3. The molecule has 1 heterocycles. The molecule has 3 nitrogen and oxygen atoms in total. The molecule has 2 unspecified atom stereocenters. The molecule has 1 aromatic rings. The Kier molecular flexibility index (Phi) is 6.72. The molecule has 2 rings (SSSR count). The van der Waals surface area contributed by atoms with Gasteiger partial charge in [0, 0.05) is 6.04 Å². The molecule has 20 heavy (non-hydrogen) atoms. The van der Waals surface area contributed by atoms with E-state index >= 15 is 0 Å². The summed E-state index contributed by atoms with van der Waals surface area (Å²) in [4.78, 5) is 12.1. The predicted molar refractivity (Wildman–Crippen MR) is 81.2 cm³/mol. The molecular weight excluding hydrogens is 302 g/mol. The quantitative estimate of drug-likeness (QED) is 0.898. The van der Waals surface area contributed by atoms with Crippen molar-refractivity contribution in [3.63, 3.8) is 0 Å². The summed E-state index contributed by atoms with van der Waals surface area (Å²) in [5, 5.41) is 6.29. The van der Waals surface area contributed by atoms with Gasteiger partial charge in [-0.25, -0.2) is 4.39 Å². The number of carbonyl (C=O) groups is 1. The first kappa shape index (κ1) is 17.2. The number of hydrogen-bond donors (Lipinski definition) is 2. The van der Waals surface area contributed by atoms with Gasteiger partial charge in [-0.05, 0) is 50.9 Å². The van der Waals surface area contributed by atoms with E-state index in [4.69, 9.17) is 11.6 Å². The zero-order chi connectivity index (χ0) is 13.8. The summed E-state index contributed by atoms with van der Waals surface area (Å²) >= 11 is 5.88. The second kappa shape index (κ2) is 7.81. The van der Waals surface area contributed by atoms with Gasteiger partial charge in [-0.3, -0.25) is 4.79 Å². The Morgan fingerprint density at radius 1 is 1.55 bits per heavy atom. The highest BCUT2D eigenvalue weighted by atomic mass is 35.5. The van der Waals surface area contributed by atoms with Gasteiger partial charge in [-0.15, -0.1) is 12.4 Å². The Balaban J connectivity index is 0.00000200. The largest absolute Gasteiger partial charge is 0.349 e. The summed E-state index contributed by atoms with van der Waals surface area (Å²) < 4.78 is 13.6. The van der Waals surface area contributed by atoms with Crippen molar-refractivity contribution in [3.8, 4) is 0 Å². The lowest BCUT2D eigenvalue weighted by Gasteiger charge is -2.29. The number of carbonyl (C=O) groups excluding carboxylic acids is 1. The minimum atomic E-state index is -0.584. The number of benzene rings is 1. The Hall–Kier alpha value is -0.840. The van der Waals surface area contributed by atoms with Crippen molar-refractivity contribution in [3.05, 3.63) is 34.6 Å². The van der Waals surface area contributed by atoms with E-state index in [0.29, 0.717) is 5.92 Å². The maximum absolute atomic E-state index is 13.6. The van der Waals surface area contributed by atoms with Crippen LogP contribution in [0.4, 0.5) is 4.39 Å². The maximum Gasteiger partial charge on any atom is 0.255 e. The summed E-state index contributed by atoms with van der Waals surface area (Å²) in [5.74, 6) is -0.650. The van der Waals surface area contributed by atoms with E-state index < -0.39 is 11.7 Å². The fourth-order valence-electron chi connectivity index (χ4n) is 2.42. The Labute approximate surface area is 129 Å². The van der Waals surface area contributed by atoms with E-state index in [2.05, 4.69) is 10.6 Å². The number of rotatable bonds is 3. The van der Waals surface area contributed by atoms with E-state index in [9.17, 15) is 9.18 Å². The minimum absolute atomic E-state index is 0. The standard InChI is InChI=1S/C14H18ClFN2O.ClH/c1-9(10-4-3-7-17-8-10)18-14(19)13-11(15)5-2-6-12(13)16;/h2,5-6,9-10,17H,3-4,7-8H2,1H3,(H,18,19);1H. The van der Waals surface area contributed by atoms with Gasteiger partial charge >= 0.3 is 0 Å². The van der Waals surface area contributed by atoms with Crippen LogP contribution < -0.4 is 10.6 Å². The molecule has 1 fully saturated rings. The van der Waals surface area contributed by atoms with Gasteiger partial charge < -0.3 is 10.6 Å². The zero-order valence-corrected chi connectivity index (χ0v) is 12.9. The van der Waals surface area contributed by atoms with Crippen LogP contribution in [0.15, 0.2) is 18.2 Å². The van der Waals surface area contributed by atoms with E-state index in [1.807, 2.05) is 6.92 Å². The molecule has 0 bridgehead atoms. The van der Waals surface area contributed by atoms with Crippen molar-refractivity contribution in [1.29, 1.82) is 0 Å². The van der Waals surface area contributed by atoms with Gasteiger partial charge in [0.2, 0.25) is 0 Å². The molecule has 0 aliphatic carbocycles. The van der Waals surface area contributed by atoms with Gasteiger partial charge in [0.1, 0.15) is 5.82 Å². The summed E-state index contributed by atoms with van der Waals surface area (Å²) in [6, 6.07) is 4.25. The van der Waals surface area contributed by atoms with E-state index in [1.165, 1.54) is 18.2 Å². The monoisotopic (exact) mass is 320 g/mol. The van der Waals surface area contributed by atoms with Gasteiger partial charge in [-0.1, -0.05) is 17.7 Å². The fraction of sp³-hybridized carbons (Fsp3) is 0.500. The molecule has 0 spiro atoms. The van der Waals surface area contributed by atoms with Gasteiger partial charge in [0.05, 0.1) is 10.6 Å². The second-order valence-corrected chi connectivity index (χ2v) is 5.37. The van der Waals surface area contributed by atoms with Crippen molar-refractivity contribution in [1.82, 2.24) is 10.6 Å². The Bertz CT molecular complexity index is 444. The predicted octanol–water partition coefficient (Wildman–Crippen LogP) is 3.02. The van der Waals surface area contributed by atoms with Crippen LogP contribution in [0.3, 0.4) is 0 Å². The van der Waals surface area contributed by atoms with Crippen LogP contribution in [0.5, 0.6) is 0 Å². The lowest BCUT2D eigenvalue weighted by molar-refractivity contribution is 0.0918. The molecule has 1 aromatic carbocycles. The van der Waals surface area contributed by atoms with Crippen LogP contribution in [0, 0.1) is 11.7 Å². The topological polar surface area (TPSA) is 41.1 Å². The van der Waals surface area contributed by atoms with Crippen molar-refractivity contribution in [2.45, 2.75) is 25.8 Å². The number of hydrogen-bond acceptors (Lipinski definition) is 2. The second-order valence-electron chi connectivity index (χ2n) is 4.97. The molecule has 2 atom stereocenters. The van der Waals surface area contributed by atoms with Crippen molar-refractivity contribution in [2.24, 2.45) is 5.92 Å². The molecule has 1 saturated heterocycles. The number of piperidine rings is 1. The third kappa shape index (κ3) is 4.08. The zero-order valence-electron chi connectivity index (χ0n) is 11.3. The number of nitrogens with one attached hydrogen (secondary N) is 2. The molecule has 1 aliphatic heterocycles. The summed E-state index contributed by atoms with van der Waals surface area (Å²) in [6.45, 7) is 3.85. The molecule has 0 saturated carbocycles. The number of amides is 1. The summed E-state index contributed by atoms with van der Waals surface area (Å²) in [7, 11) is 0. The van der Waals surface area contributed by atoms with Crippen LogP contribution in [0.25, 0.3) is 0 Å². The van der Waals surface area contributed by atoms with Crippen molar-refractivity contribution < 1.29 is 9.18 Å². The SMILES string of the molecule is CC(NC(=O)c1c(F)cccc1Cl)C1CCCNC1.Cl. The van der Waals surface area contributed by atoms with Crippen LogP contribution in [-0.4, -0.2) is 25.0 Å². The summed E-state index contributed by atoms with van der Waals surface area (Å²) in [6.07, 6.45) is 2.17. The van der Waals surface area contributed by atoms with Gasteiger partial charge in [0.25, 0.3) is 5.91 Å². The highest BCUT2D eigenvalue weighted by molar-refractivity contribution is 6.33. The third-order valence-electron chi connectivity index (χ3n) is 3.59. The van der Waals surface area contributed by atoms with Gasteiger partial charge in [0.15, 0.2) is 0 Å². The first-order chi connectivity index (χ1) is 9.09.